The second-order valence-corrected chi connectivity index (χ2v) is 10.0. The molecule has 0 bridgehead atoms. The fourth-order valence-corrected chi connectivity index (χ4v) is 6.41. The number of carbonyl (C=O) groups excluding carboxylic acids is 4. The van der Waals surface area contributed by atoms with Crippen molar-refractivity contribution in [3.8, 4) is 11.5 Å². The number of benzene rings is 1. The molecule has 1 fully saturated rings. The molecule has 8 heteroatoms. The maximum Gasteiger partial charge on any atom is 0.233 e. The summed E-state index contributed by atoms with van der Waals surface area (Å²) in [5, 5.41) is 10.8. The van der Waals surface area contributed by atoms with E-state index in [1.165, 1.54) is 24.2 Å². The number of Topliss-reactive ketones (excluding diaryl/α,β-unsaturated/α-hetero) is 1. The van der Waals surface area contributed by atoms with Crippen LogP contribution in [0.2, 0.25) is 0 Å². The topological polar surface area (TPSA) is 101 Å². The maximum absolute atomic E-state index is 13.4. The van der Waals surface area contributed by atoms with E-state index in [0.29, 0.717) is 41.8 Å². The SMILES string of the molecule is CCCN1C(=O)[C@H]2[C@H](CC=C3[C@H](c4cc(OC)ccc4O)C4=C(C[C@H]32)C(=O)C(Br)=CC4=O)C1=O. The second-order valence-electron chi connectivity index (χ2n) is 9.15. The summed E-state index contributed by atoms with van der Waals surface area (Å²) in [6, 6.07) is 4.78. The molecule has 1 heterocycles. The van der Waals surface area contributed by atoms with Gasteiger partial charge in [0.05, 0.1) is 23.4 Å². The molecule has 1 aliphatic heterocycles. The van der Waals surface area contributed by atoms with Crippen molar-refractivity contribution in [2.75, 3.05) is 13.7 Å². The molecule has 2 amide bonds. The van der Waals surface area contributed by atoms with E-state index in [-0.39, 0.29) is 40.0 Å². The molecule has 0 aromatic heterocycles. The Hall–Kier alpha value is -3.00. The third kappa shape index (κ3) is 3.22. The quantitative estimate of drug-likeness (QED) is 0.366. The number of hydrogen-bond acceptors (Lipinski definition) is 6. The molecule has 176 valence electrons. The van der Waals surface area contributed by atoms with Gasteiger partial charge in [0.25, 0.3) is 0 Å². The second kappa shape index (κ2) is 8.34. The standard InChI is InChI=1S/C26H24BrNO6/c1-3-8-28-25(32)14-6-5-13-15(22(14)26(28)33)10-17-23(20(30)11-18(27)24(17)31)21(13)16-9-12(34-2)4-7-19(16)29/h4-5,7,9,11,14-15,21-22,29H,3,6,8,10H2,1-2H3/t14-,15+,21+,22-/m0/s1. The van der Waals surface area contributed by atoms with Gasteiger partial charge >= 0.3 is 0 Å². The van der Waals surface area contributed by atoms with Gasteiger partial charge < -0.3 is 9.84 Å². The molecule has 0 radical (unpaired) electrons. The molecule has 1 aromatic carbocycles. The van der Waals surface area contributed by atoms with Crippen molar-refractivity contribution in [1.29, 1.82) is 0 Å². The number of ketones is 2. The van der Waals surface area contributed by atoms with Crippen LogP contribution in [0.15, 0.2) is 51.6 Å². The molecule has 0 unspecified atom stereocenters. The largest absolute Gasteiger partial charge is 0.508 e. The zero-order valence-corrected chi connectivity index (χ0v) is 20.4. The summed E-state index contributed by atoms with van der Waals surface area (Å²) in [4.78, 5) is 54.1. The van der Waals surface area contributed by atoms with Crippen LogP contribution in [0.1, 0.15) is 37.7 Å². The van der Waals surface area contributed by atoms with Crippen molar-refractivity contribution in [2.45, 2.75) is 32.1 Å². The van der Waals surface area contributed by atoms with E-state index in [4.69, 9.17) is 4.74 Å². The summed E-state index contributed by atoms with van der Waals surface area (Å²) in [7, 11) is 1.51. The molecular weight excluding hydrogens is 502 g/mol. The first-order chi connectivity index (χ1) is 16.3. The van der Waals surface area contributed by atoms with E-state index in [1.807, 2.05) is 13.0 Å². The lowest BCUT2D eigenvalue weighted by molar-refractivity contribution is -0.140. The summed E-state index contributed by atoms with van der Waals surface area (Å²) in [6.45, 7) is 2.29. The predicted octanol–water partition coefficient (Wildman–Crippen LogP) is 3.57. The molecule has 5 rings (SSSR count). The third-order valence-corrected chi connectivity index (χ3v) is 8.00. The summed E-state index contributed by atoms with van der Waals surface area (Å²) < 4.78 is 5.53. The Labute approximate surface area is 205 Å². The number of rotatable bonds is 4. The third-order valence-electron chi connectivity index (χ3n) is 7.42. The number of phenols is 1. The fraction of sp³-hybridized carbons (Fsp3) is 0.385. The number of halogens is 1. The average Bonchev–Trinajstić information content (AvgIpc) is 3.07. The maximum atomic E-state index is 13.4. The van der Waals surface area contributed by atoms with E-state index in [2.05, 4.69) is 15.9 Å². The van der Waals surface area contributed by atoms with Crippen molar-refractivity contribution >= 4 is 39.3 Å². The van der Waals surface area contributed by atoms with Gasteiger partial charge in [-0.15, -0.1) is 0 Å². The Morgan fingerprint density at radius 1 is 1.15 bits per heavy atom. The zero-order valence-electron chi connectivity index (χ0n) is 18.8. The molecule has 4 atom stereocenters. The Morgan fingerprint density at radius 2 is 1.91 bits per heavy atom. The van der Waals surface area contributed by atoms with Crippen LogP contribution >= 0.6 is 15.9 Å². The van der Waals surface area contributed by atoms with Crippen LogP contribution in [0.4, 0.5) is 0 Å². The van der Waals surface area contributed by atoms with Gasteiger partial charge in [0.2, 0.25) is 11.8 Å². The number of likely N-dealkylation sites (tertiary alicyclic amines) is 1. The van der Waals surface area contributed by atoms with Gasteiger partial charge in [0.1, 0.15) is 11.5 Å². The van der Waals surface area contributed by atoms with Crippen LogP contribution in [-0.4, -0.2) is 47.0 Å². The van der Waals surface area contributed by atoms with Gasteiger partial charge in [0.15, 0.2) is 11.6 Å². The van der Waals surface area contributed by atoms with Gasteiger partial charge in [-0.25, -0.2) is 0 Å². The Morgan fingerprint density at radius 3 is 2.62 bits per heavy atom. The van der Waals surface area contributed by atoms with E-state index in [0.717, 1.165) is 5.57 Å². The Bertz CT molecular complexity index is 1240. The summed E-state index contributed by atoms with van der Waals surface area (Å²) in [5.74, 6) is -2.70. The van der Waals surface area contributed by atoms with Gasteiger partial charge in [-0.3, -0.25) is 24.1 Å². The van der Waals surface area contributed by atoms with E-state index < -0.39 is 23.7 Å². The Kier molecular flexibility index (Phi) is 5.59. The normalized spacial score (nSPS) is 28.4. The smallest absolute Gasteiger partial charge is 0.233 e. The highest BCUT2D eigenvalue weighted by molar-refractivity contribution is 9.12. The highest BCUT2D eigenvalue weighted by Crippen LogP contribution is 2.56. The number of carbonyl (C=O) groups is 4. The lowest BCUT2D eigenvalue weighted by Crippen LogP contribution is -2.39. The lowest BCUT2D eigenvalue weighted by Gasteiger charge is -2.42. The molecule has 0 spiro atoms. The van der Waals surface area contributed by atoms with Crippen LogP contribution in [0.3, 0.4) is 0 Å². The molecular formula is C26H24BrNO6. The number of phenolic OH excluding ortho intramolecular Hbond substituents is 1. The highest BCUT2D eigenvalue weighted by Gasteiger charge is 2.56. The van der Waals surface area contributed by atoms with Crippen molar-refractivity contribution in [3.63, 3.8) is 0 Å². The van der Waals surface area contributed by atoms with Crippen molar-refractivity contribution in [2.24, 2.45) is 17.8 Å². The first kappa shape index (κ1) is 22.8. The van der Waals surface area contributed by atoms with Gasteiger partial charge in [-0.2, -0.15) is 0 Å². The summed E-state index contributed by atoms with van der Waals surface area (Å²) in [6.07, 6.45) is 4.46. The van der Waals surface area contributed by atoms with Crippen molar-refractivity contribution < 1.29 is 29.0 Å². The number of methoxy groups -OCH3 is 1. The zero-order chi connectivity index (χ0) is 24.3. The molecule has 1 N–H and O–H groups in total. The summed E-state index contributed by atoms with van der Waals surface area (Å²) >= 11 is 3.21. The predicted molar refractivity (Wildman–Crippen MR) is 126 cm³/mol. The van der Waals surface area contributed by atoms with Gasteiger partial charge in [-0.1, -0.05) is 18.6 Å². The molecule has 3 aliphatic carbocycles. The van der Waals surface area contributed by atoms with Crippen LogP contribution in [0.25, 0.3) is 0 Å². The van der Waals surface area contributed by atoms with Crippen LogP contribution < -0.4 is 4.74 Å². The first-order valence-electron chi connectivity index (χ1n) is 11.4. The van der Waals surface area contributed by atoms with E-state index in [1.54, 1.807) is 12.1 Å². The average molecular weight is 526 g/mol. The van der Waals surface area contributed by atoms with Crippen LogP contribution in [0, 0.1) is 17.8 Å². The van der Waals surface area contributed by atoms with Crippen LogP contribution in [0.5, 0.6) is 11.5 Å². The summed E-state index contributed by atoms with van der Waals surface area (Å²) in [5.41, 5.74) is 1.90. The van der Waals surface area contributed by atoms with Crippen LogP contribution in [-0.2, 0) is 19.2 Å². The monoisotopic (exact) mass is 525 g/mol. The van der Waals surface area contributed by atoms with Crippen molar-refractivity contribution in [3.05, 3.63) is 57.1 Å². The van der Waals surface area contributed by atoms with E-state index in [9.17, 15) is 24.3 Å². The number of amides is 2. The fourth-order valence-electron chi connectivity index (χ4n) is 5.96. The molecule has 4 aliphatic rings. The van der Waals surface area contributed by atoms with E-state index >= 15 is 0 Å². The molecule has 1 saturated heterocycles. The van der Waals surface area contributed by atoms with Gasteiger partial charge in [-0.05, 0) is 59.3 Å². The number of allylic oxidation sites excluding steroid dienone is 6. The highest BCUT2D eigenvalue weighted by atomic mass is 79.9. The number of nitrogens with zero attached hydrogens (tertiary/aromatic N) is 1. The molecule has 0 saturated carbocycles. The number of fused-ring (bicyclic) bond motifs is 3. The first-order valence-corrected chi connectivity index (χ1v) is 12.2. The number of ether oxygens (including phenoxy) is 1. The lowest BCUT2D eigenvalue weighted by atomic mass is 9.59. The number of imide groups is 1. The number of hydrogen-bond donors (Lipinski definition) is 1. The Balaban J connectivity index is 1.70. The minimum atomic E-state index is -0.707. The van der Waals surface area contributed by atoms with Gasteiger partial charge in [0, 0.05) is 35.2 Å². The van der Waals surface area contributed by atoms with Crippen molar-refractivity contribution in [1.82, 2.24) is 4.90 Å². The minimum Gasteiger partial charge on any atom is -0.508 e. The molecule has 1 aromatic rings. The molecule has 7 nitrogen and oxygen atoms in total. The molecule has 34 heavy (non-hydrogen) atoms. The number of aromatic hydroxyl groups is 1. The minimum absolute atomic E-state index is 0.0309.